The summed E-state index contributed by atoms with van der Waals surface area (Å²) in [7, 11) is 0. The van der Waals surface area contributed by atoms with Gasteiger partial charge in [0.25, 0.3) is 0 Å². The first-order chi connectivity index (χ1) is 9.43. The van der Waals surface area contributed by atoms with Crippen molar-refractivity contribution < 1.29 is 4.74 Å². The van der Waals surface area contributed by atoms with Gasteiger partial charge in [-0.15, -0.1) is 0 Å². The summed E-state index contributed by atoms with van der Waals surface area (Å²) in [6.45, 7) is 2.49. The van der Waals surface area contributed by atoms with Crippen LogP contribution in [0.15, 0.2) is 30.3 Å². The SMILES string of the molecule is NCCCCCCCCCCOCc1ccccc1. The maximum Gasteiger partial charge on any atom is 0.0716 e. The molecule has 1 aromatic carbocycles. The molecule has 2 nitrogen and oxygen atoms in total. The summed E-state index contributed by atoms with van der Waals surface area (Å²) < 4.78 is 5.67. The minimum Gasteiger partial charge on any atom is -0.377 e. The van der Waals surface area contributed by atoms with Crippen molar-refractivity contribution >= 4 is 0 Å². The number of ether oxygens (including phenoxy) is 1. The molecule has 0 bridgehead atoms. The van der Waals surface area contributed by atoms with Crippen molar-refractivity contribution in [2.75, 3.05) is 13.2 Å². The third-order valence-electron chi connectivity index (χ3n) is 3.35. The molecule has 1 rings (SSSR count). The van der Waals surface area contributed by atoms with Crippen LogP contribution in [0.1, 0.15) is 56.9 Å². The molecular formula is C17H29NO. The molecular weight excluding hydrogens is 234 g/mol. The highest BCUT2D eigenvalue weighted by atomic mass is 16.5. The predicted molar refractivity (Wildman–Crippen MR) is 82.1 cm³/mol. The molecule has 0 aromatic heterocycles. The quantitative estimate of drug-likeness (QED) is 0.571. The molecule has 0 heterocycles. The zero-order chi connectivity index (χ0) is 13.6. The Labute approximate surface area is 118 Å². The molecule has 0 unspecified atom stereocenters. The maximum atomic E-state index is 5.67. The Morgan fingerprint density at radius 3 is 1.95 bits per heavy atom. The van der Waals surface area contributed by atoms with E-state index in [4.69, 9.17) is 10.5 Å². The molecule has 0 atom stereocenters. The van der Waals surface area contributed by atoms with Crippen molar-refractivity contribution in [2.45, 2.75) is 58.0 Å². The van der Waals surface area contributed by atoms with Gasteiger partial charge in [0.15, 0.2) is 0 Å². The lowest BCUT2D eigenvalue weighted by molar-refractivity contribution is 0.116. The highest BCUT2D eigenvalue weighted by molar-refractivity contribution is 5.13. The molecule has 0 aliphatic carbocycles. The van der Waals surface area contributed by atoms with Crippen molar-refractivity contribution in [2.24, 2.45) is 5.73 Å². The molecule has 0 saturated carbocycles. The first-order valence-corrected chi connectivity index (χ1v) is 7.75. The van der Waals surface area contributed by atoms with Crippen LogP contribution in [0.25, 0.3) is 0 Å². The van der Waals surface area contributed by atoms with Crippen LogP contribution in [0.2, 0.25) is 0 Å². The first kappa shape index (κ1) is 16.2. The van der Waals surface area contributed by atoms with Crippen molar-refractivity contribution in [1.82, 2.24) is 0 Å². The van der Waals surface area contributed by atoms with Gasteiger partial charge in [-0.1, -0.05) is 68.9 Å². The summed E-state index contributed by atoms with van der Waals surface area (Å²) in [5.74, 6) is 0. The Morgan fingerprint density at radius 1 is 0.737 bits per heavy atom. The second-order valence-corrected chi connectivity index (χ2v) is 5.16. The fourth-order valence-electron chi connectivity index (χ4n) is 2.17. The Morgan fingerprint density at radius 2 is 1.32 bits per heavy atom. The van der Waals surface area contributed by atoms with Gasteiger partial charge in [0.05, 0.1) is 6.61 Å². The molecule has 0 aliphatic heterocycles. The van der Waals surface area contributed by atoms with Gasteiger partial charge in [-0.3, -0.25) is 0 Å². The van der Waals surface area contributed by atoms with Crippen LogP contribution in [0.4, 0.5) is 0 Å². The fourth-order valence-corrected chi connectivity index (χ4v) is 2.17. The largest absolute Gasteiger partial charge is 0.377 e. The standard InChI is InChI=1S/C17H29NO/c18-14-10-5-3-1-2-4-6-11-15-19-16-17-12-8-7-9-13-17/h7-9,12-13H,1-6,10-11,14-16,18H2. The summed E-state index contributed by atoms with van der Waals surface area (Å²) in [4.78, 5) is 0. The van der Waals surface area contributed by atoms with Crippen LogP contribution in [-0.4, -0.2) is 13.2 Å². The van der Waals surface area contributed by atoms with Gasteiger partial charge in [-0.05, 0) is 24.9 Å². The lowest BCUT2D eigenvalue weighted by Gasteiger charge is -2.04. The zero-order valence-corrected chi connectivity index (χ0v) is 12.2. The van der Waals surface area contributed by atoms with Gasteiger partial charge >= 0.3 is 0 Å². The van der Waals surface area contributed by atoms with E-state index >= 15 is 0 Å². The number of hydrogen-bond acceptors (Lipinski definition) is 2. The Bertz CT molecular complexity index is 287. The Kier molecular flexibility index (Phi) is 10.4. The smallest absolute Gasteiger partial charge is 0.0716 e. The molecule has 2 heteroatoms. The average Bonchev–Trinajstić information content (AvgIpc) is 2.46. The zero-order valence-electron chi connectivity index (χ0n) is 12.2. The van der Waals surface area contributed by atoms with Crippen molar-refractivity contribution in [3.05, 3.63) is 35.9 Å². The second-order valence-electron chi connectivity index (χ2n) is 5.16. The highest BCUT2D eigenvalue weighted by Gasteiger charge is 1.94. The van der Waals surface area contributed by atoms with Crippen LogP contribution in [0.3, 0.4) is 0 Å². The van der Waals surface area contributed by atoms with E-state index in [1.165, 1.54) is 56.9 Å². The van der Waals surface area contributed by atoms with Gasteiger partial charge in [0.1, 0.15) is 0 Å². The van der Waals surface area contributed by atoms with E-state index in [0.29, 0.717) is 0 Å². The highest BCUT2D eigenvalue weighted by Crippen LogP contribution is 2.08. The lowest BCUT2D eigenvalue weighted by Crippen LogP contribution is -1.97. The van der Waals surface area contributed by atoms with E-state index in [0.717, 1.165) is 19.8 Å². The third kappa shape index (κ3) is 9.69. The molecule has 1 aromatic rings. The van der Waals surface area contributed by atoms with Gasteiger partial charge in [0.2, 0.25) is 0 Å². The maximum absolute atomic E-state index is 5.67. The van der Waals surface area contributed by atoms with Crippen LogP contribution in [-0.2, 0) is 11.3 Å². The predicted octanol–water partition coefficient (Wildman–Crippen LogP) is 4.28. The van der Waals surface area contributed by atoms with Crippen LogP contribution >= 0.6 is 0 Å². The minimum atomic E-state index is 0.750. The van der Waals surface area contributed by atoms with Crippen molar-refractivity contribution in [3.8, 4) is 0 Å². The second kappa shape index (κ2) is 12.2. The minimum absolute atomic E-state index is 0.750. The average molecular weight is 263 g/mol. The van der Waals surface area contributed by atoms with Gasteiger partial charge in [-0.25, -0.2) is 0 Å². The summed E-state index contributed by atoms with van der Waals surface area (Å²) >= 11 is 0. The van der Waals surface area contributed by atoms with Crippen molar-refractivity contribution in [3.63, 3.8) is 0 Å². The van der Waals surface area contributed by atoms with E-state index in [-0.39, 0.29) is 0 Å². The van der Waals surface area contributed by atoms with E-state index in [1.807, 2.05) is 6.07 Å². The first-order valence-electron chi connectivity index (χ1n) is 7.75. The third-order valence-corrected chi connectivity index (χ3v) is 3.35. The number of rotatable bonds is 12. The fraction of sp³-hybridized carbons (Fsp3) is 0.647. The number of hydrogen-bond donors (Lipinski definition) is 1. The molecule has 2 N–H and O–H groups in total. The van der Waals surface area contributed by atoms with Crippen LogP contribution in [0, 0.1) is 0 Å². The number of unbranched alkanes of at least 4 members (excludes halogenated alkanes) is 7. The monoisotopic (exact) mass is 263 g/mol. The Balaban J connectivity index is 1.79. The van der Waals surface area contributed by atoms with Gasteiger partial charge < -0.3 is 10.5 Å². The van der Waals surface area contributed by atoms with E-state index in [9.17, 15) is 0 Å². The summed E-state index contributed by atoms with van der Waals surface area (Å²) in [6, 6.07) is 10.4. The number of nitrogens with two attached hydrogens (primary N) is 1. The van der Waals surface area contributed by atoms with Crippen LogP contribution < -0.4 is 5.73 Å². The molecule has 108 valence electrons. The molecule has 0 saturated heterocycles. The van der Waals surface area contributed by atoms with Gasteiger partial charge in [0, 0.05) is 6.61 Å². The van der Waals surface area contributed by atoms with E-state index < -0.39 is 0 Å². The Hall–Kier alpha value is -0.860. The normalized spacial score (nSPS) is 10.8. The summed E-state index contributed by atoms with van der Waals surface area (Å²) in [6.07, 6.45) is 10.4. The van der Waals surface area contributed by atoms with Crippen molar-refractivity contribution in [1.29, 1.82) is 0 Å². The molecule has 0 amide bonds. The molecule has 0 radical (unpaired) electrons. The van der Waals surface area contributed by atoms with Crippen LogP contribution in [0.5, 0.6) is 0 Å². The van der Waals surface area contributed by atoms with Gasteiger partial charge in [-0.2, -0.15) is 0 Å². The molecule has 0 fully saturated rings. The lowest BCUT2D eigenvalue weighted by atomic mass is 10.1. The molecule has 0 aliphatic rings. The number of benzene rings is 1. The summed E-state index contributed by atoms with van der Waals surface area (Å²) in [5.41, 5.74) is 6.73. The molecule has 0 spiro atoms. The summed E-state index contributed by atoms with van der Waals surface area (Å²) in [5, 5.41) is 0. The molecule has 19 heavy (non-hydrogen) atoms. The van der Waals surface area contributed by atoms with E-state index in [2.05, 4.69) is 24.3 Å². The topological polar surface area (TPSA) is 35.2 Å². The van der Waals surface area contributed by atoms with E-state index in [1.54, 1.807) is 0 Å².